The number of hydrogen-bond donors (Lipinski definition) is 0. The Morgan fingerprint density at radius 3 is 2.74 bits per heavy atom. The van der Waals surface area contributed by atoms with Gasteiger partial charge in [0.25, 0.3) is 0 Å². The maximum atomic E-state index is 11.6. The van der Waals surface area contributed by atoms with Crippen LogP contribution in [0.2, 0.25) is 5.02 Å². The van der Waals surface area contributed by atoms with Gasteiger partial charge < -0.3 is 9.64 Å². The fourth-order valence-corrected chi connectivity index (χ4v) is 1.94. The molecule has 0 heterocycles. The van der Waals surface area contributed by atoms with E-state index in [0.29, 0.717) is 17.2 Å². The second kappa shape index (κ2) is 7.65. The summed E-state index contributed by atoms with van der Waals surface area (Å²) in [6.07, 6.45) is 0.900. The Hall–Kier alpha value is -1.73. The van der Waals surface area contributed by atoms with Gasteiger partial charge in [0.05, 0.1) is 17.2 Å². The normalized spacial score (nSPS) is 9.79. The maximum Gasteiger partial charge on any atom is 0.325 e. The summed E-state index contributed by atoms with van der Waals surface area (Å²) >= 11 is 6.01. The predicted octanol–water partition coefficient (Wildman–Crippen LogP) is 2.99. The molecule has 0 aliphatic carbocycles. The van der Waals surface area contributed by atoms with E-state index in [4.69, 9.17) is 21.6 Å². The SMILES string of the molecule is CCCN(CC(=O)OCC)c1ccc(C#N)c(Cl)c1. The lowest BCUT2D eigenvalue weighted by molar-refractivity contribution is -0.141. The lowest BCUT2D eigenvalue weighted by Gasteiger charge is -2.23. The maximum absolute atomic E-state index is 11.6. The number of anilines is 1. The fraction of sp³-hybridized carbons (Fsp3) is 0.429. The van der Waals surface area contributed by atoms with Crippen molar-refractivity contribution >= 4 is 23.3 Å². The van der Waals surface area contributed by atoms with Crippen LogP contribution in [0.25, 0.3) is 0 Å². The topological polar surface area (TPSA) is 53.3 Å². The van der Waals surface area contributed by atoms with Gasteiger partial charge in [0.2, 0.25) is 0 Å². The Morgan fingerprint density at radius 1 is 1.47 bits per heavy atom. The number of benzene rings is 1. The molecule has 0 amide bonds. The summed E-state index contributed by atoms with van der Waals surface area (Å²) in [5, 5.41) is 9.24. The summed E-state index contributed by atoms with van der Waals surface area (Å²) in [5.74, 6) is -0.267. The number of nitriles is 1. The van der Waals surface area contributed by atoms with Gasteiger partial charge in [-0.1, -0.05) is 18.5 Å². The highest BCUT2D eigenvalue weighted by molar-refractivity contribution is 6.32. The quantitative estimate of drug-likeness (QED) is 0.752. The van der Waals surface area contributed by atoms with Crippen LogP contribution in [0, 0.1) is 11.3 Å². The zero-order chi connectivity index (χ0) is 14.3. The molecule has 0 saturated carbocycles. The van der Waals surface area contributed by atoms with Crippen molar-refractivity contribution in [3.63, 3.8) is 0 Å². The van der Waals surface area contributed by atoms with E-state index in [-0.39, 0.29) is 12.5 Å². The zero-order valence-corrected chi connectivity index (χ0v) is 11.9. The molecular formula is C14H17ClN2O2. The zero-order valence-electron chi connectivity index (χ0n) is 11.1. The Bertz CT molecular complexity index is 483. The van der Waals surface area contributed by atoms with Crippen LogP contribution < -0.4 is 4.90 Å². The molecule has 0 N–H and O–H groups in total. The summed E-state index contributed by atoms with van der Waals surface area (Å²) in [6, 6.07) is 7.16. The molecule has 0 unspecified atom stereocenters. The Labute approximate surface area is 118 Å². The Kier molecular flexibility index (Phi) is 6.17. The molecule has 5 heteroatoms. The summed E-state index contributed by atoms with van der Waals surface area (Å²) < 4.78 is 4.95. The number of halogens is 1. The third kappa shape index (κ3) is 4.46. The minimum Gasteiger partial charge on any atom is -0.465 e. The van der Waals surface area contributed by atoms with Crippen LogP contribution in [0.15, 0.2) is 18.2 Å². The molecule has 0 fully saturated rings. The summed E-state index contributed by atoms with van der Waals surface area (Å²) in [7, 11) is 0. The van der Waals surface area contributed by atoms with Gasteiger partial charge in [0, 0.05) is 12.2 Å². The van der Waals surface area contributed by atoms with Crippen molar-refractivity contribution in [3.05, 3.63) is 28.8 Å². The van der Waals surface area contributed by atoms with Crippen LogP contribution in [-0.2, 0) is 9.53 Å². The molecule has 0 spiro atoms. The molecule has 0 atom stereocenters. The lowest BCUT2D eigenvalue weighted by Crippen LogP contribution is -2.31. The molecule has 0 saturated heterocycles. The first-order valence-electron chi connectivity index (χ1n) is 6.22. The molecule has 0 aromatic heterocycles. The molecule has 0 radical (unpaired) electrons. The van der Waals surface area contributed by atoms with Gasteiger partial charge in [0.1, 0.15) is 12.6 Å². The summed E-state index contributed by atoms with van der Waals surface area (Å²) in [4.78, 5) is 13.5. The number of ether oxygens (including phenoxy) is 1. The minimum atomic E-state index is -0.267. The monoisotopic (exact) mass is 280 g/mol. The third-order valence-corrected chi connectivity index (χ3v) is 2.87. The number of hydrogen-bond acceptors (Lipinski definition) is 4. The first-order valence-corrected chi connectivity index (χ1v) is 6.60. The highest BCUT2D eigenvalue weighted by Gasteiger charge is 2.13. The summed E-state index contributed by atoms with van der Waals surface area (Å²) in [5.41, 5.74) is 1.25. The van der Waals surface area contributed by atoms with Gasteiger partial charge in [-0.3, -0.25) is 4.79 Å². The molecule has 19 heavy (non-hydrogen) atoms. The molecule has 1 aromatic carbocycles. The number of carbonyl (C=O) groups is 1. The smallest absolute Gasteiger partial charge is 0.325 e. The van der Waals surface area contributed by atoms with Crippen LogP contribution in [0.4, 0.5) is 5.69 Å². The number of esters is 1. The van der Waals surface area contributed by atoms with Crippen molar-refractivity contribution in [2.24, 2.45) is 0 Å². The number of nitrogens with zero attached hydrogens (tertiary/aromatic N) is 2. The highest BCUT2D eigenvalue weighted by atomic mass is 35.5. The average molecular weight is 281 g/mol. The molecular weight excluding hydrogens is 264 g/mol. The average Bonchev–Trinajstić information content (AvgIpc) is 2.38. The standard InChI is InChI=1S/C14H17ClN2O2/c1-3-7-17(10-14(18)19-4-2)12-6-5-11(9-16)13(15)8-12/h5-6,8H,3-4,7,10H2,1-2H3. The van der Waals surface area contributed by atoms with Gasteiger partial charge in [-0.25, -0.2) is 0 Å². The van der Waals surface area contributed by atoms with E-state index >= 15 is 0 Å². The molecule has 0 aliphatic heterocycles. The van der Waals surface area contributed by atoms with Crippen molar-refractivity contribution in [2.75, 3.05) is 24.6 Å². The first-order chi connectivity index (χ1) is 9.12. The van der Waals surface area contributed by atoms with Gasteiger partial charge in [-0.05, 0) is 31.5 Å². The van der Waals surface area contributed by atoms with E-state index in [2.05, 4.69) is 0 Å². The molecule has 1 rings (SSSR count). The molecule has 1 aromatic rings. The number of carbonyl (C=O) groups excluding carboxylic acids is 1. The number of rotatable bonds is 6. The van der Waals surface area contributed by atoms with E-state index in [1.54, 1.807) is 25.1 Å². The van der Waals surface area contributed by atoms with Crippen molar-refractivity contribution in [1.29, 1.82) is 5.26 Å². The Morgan fingerprint density at radius 2 is 2.21 bits per heavy atom. The largest absolute Gasteiger partial charge is 0.465 e. The first kappa shape index (κ1) is 15.3. The highest BCUT2D eigenvalue weighted by Crippen LogP contribution is 2.23. The van der Waals surface area contributed by atoms with Crippen molar-refractivity contribution in [1.82, 2.24) is 0 Å². The van der Waals surface area contributed by atoms with Crippen LogP contribution in [0.5, 0.6) is 0 Å². The van der Waals surface area contributed by atoms with Crippen LogP contribution in [0.1, 0.15) is 25.8 Å². The van der Waals surface area contributed by atoms with Gasteiger partial charge in [-0.2, -0.15) is 5.26 Å². The Balaban J connectivity index is 2.90. The second-order valence-electron chi connectivity index (χ2n) is 4.00. The molecule has 102 valence electrons. The molecule has 0 aliphatic rings. The minimum absolute atomic E-state index is 0.184. The van der Waals surface area contributed by atoms with E-state index < -0.39 is 0 Å². The van der Waals surface area contributed by atoms with E-state index in [9.17, 15) is 4.79 Å². The fourth-order valence-electron chi connectivity index (χ4n) is 1.72. The van der Waals surface area contributed by atoms with E-state index in [1.807, 2.05) is 17.9 Å². The van der Waals surface area contributed by atoms with Gasteiger partial charge in [0.15, 0.2) is 0 Å². The van der Waals surface area contributed by atoms with Crippen LogP contribution in [0.3, 0.4) is 0 Å². The van der Waals surface area contributed by atoms with Crippen molar-refractivity contribution < 1.29 is 9.53 Å². The lowest BCUT2D eigenvalue weighted by atomic mass is 10.2. The van der Waals surface area contributed by atoms with Crippen LogP contribution >= 0.6 is 11.6 Å². The second-order valence-corrected chi connectivity index (χ2v) is 4.41. The molecule has 0 bridgehead atoms. The molecule has 4 nitrogen and oxygen atoms in total. The predicted molar refractivity (Wildman–Crippen MR) is 75.3 cm³/mol. The summed E-state index contributed by atoms with van der Waals surface area (Å²) in [6.45, 7) is 5.09. The van der Waals surface area contributed by atoms with Gasteiger partial charge in [-0.15, -0.1) is 0 Å². The van der Waals surface area contributed by atoms with Crippen molar-refractivity contribution in [3.8, 4) is 6.07 Å². The van der Waals surface area contributed by atoms with E-state index in [0.717, 1.165) is 18.7 Å². The van der Waals surface area contributed by atoms with Gasteiger partial charge >= 0.3 is 5.97 Å². The van der Waals surface area contributed by atoms with Crippen molar-refractivity contribution in [2.45, 2.75) is 20.3 Å². The van der Waals surface area contributed by atoms with E-state index in [1.165, 1.54) is 0 Å². The third-order valence-electron chi connectivity index (χ3n) is 2.56. The van der Waals surface area contributed by atoms with Crippen LogP contribution in [-0.4, -0.2) is 25.7 Å².